The molecule has 4 aromatic rings. The number of benzene rings is 2. The Kier molecular flexibility index (Phi) is 5.07. The van der Waals surface area contributed by atoms with Crippen molar-refractivity contribution in [1.82, 2.24) is 25.0 Å². The van der Waals surface area contributed by atoms with Gasteiger partial charge in [-0.05, 0) is 62.4 Å². The van der Waals surface area contributed by atoms with Gasteiger partial charge in [0.2, 0.25) is 0 Å². The van der Waals surface area contributed by atoms with Crippen LogP contribution in [0.4, 0.5) is 14.9 Å². The summed E-state index contributed by atoms with van der Waals surface area (Å²) in [6.45, 7) is 5.81. The van der Waals surface area contributed by atoms with Gasteiger partial charge in [0.15, 0.2) is 0 Å². The predicted molar refractivity (Wildman–Crippen MR) is 134 cm³/mol. The van der Waals surface area contributed by atoms with Crippen molar-refractivity contribution >= 4 is 22.6 Å². The third kappa shape index (κ3) is 3.74. The number of carbonyl (C=O) groups is 1. The van der Waals surface area contributed by atoms with Crippen LogP contribution in [0.15, 0.2) is 48.5 Å². The SMILES string of the molecule is Cc1cc(-c2n[nH]c3cc4c(cc23)CN([C@@H]2CN(C)C[C@H]2c2ccccc2F)C(=O)N4)cc(C)n1. The lowest BCUT2D eigenvalue weighted by Crippen LogP contribution is -2.48. The smallest absolute Gasteiger partial charge is 0.315 e. The van der Waals surface area contributed by atoms with Crippen LogP contribution in [0.3, 0.4) is 0 Å². The highest BCUT2D eigenvalue weighted by atomic mass is 19.1. The quantitative estimate of drug-likeness (QED) is 0.450. The molecule has 6 rings (SSSR count). The summed E-state index contributed by atoms with van der Waals surface area (Å²) in [5.41, 5.74) is 7.09. The molecule has 2 aromatic heterocycles. The van der Waals surface area contributed by atoms with E-state index in [4.69, 9.17) is 0 Å². The molecule has 2 aliphatic heterocycles. The number of pyridine rings is 1. The van der Waals surface area contributed by atoms with E-state index in [2.05, 4.69) is 31.5 Å². The lowest BCUT2D eigenvalue weighted by Gasteiger charge is -2.36. The van der Waals surface area contributed by atoms with Crippen molar-refractivity contribution in [3.63, 3.8) is 0 Å². The number of fused-ring (bicyclic) bond motifs is 2. The predicted octanol–water partition coefficient (Wildman–Crippen LogP) is 4.83. The molecule has 7 nitrogen and oxygen atoms in total. The number of aromatic amines is 1. The first-order valence-electron chi connectivity index (χ1n) is 11.8. The number of carbonyl (C=O) groups excluding carboxylic acids is 1. The van der Waals surface area contributed by atoms with E-state index in [1.54, 1.807) is 6.07 Å². The van der Waals surface area contributed by atoms with E-state index in [0.29, 0.717) is 25.2 Å². The van der Waals surface area contributed by atoms with E-state index in [-0.39, 0.29) is 23.8 Å². The highest BCUT2D eigenvalue weighted by Gasteiger charge is 2.41. The van der Waals surface area contributed by atoms with Crippen molar-refractivity contribution in [2.45, 2.75) is 32.4 Å². The van der Waals surface area contributed by atoms with Crippen LogP contribution in [0.25, 0.3) is 22.2 Å². The normalized spacial score (nSPS) is 20.3. The van der Waals surface area contributed by atoms with Gasteiger partial charge in [0, 0.05) is 53.6 Å². The summed E-state index contributed by atoms with van der Waals surface area (Å²) in [6.07, 6.45) is 0. The molecule has 2 amide bonds. The molecular weight excluding hydrogens is 443 g/mol. The Balaban J connectivity index is 1.38. The molecule has 2 aliphatic rings. The van der Waals surface area contributed by atoms with Gasteiger partial charge in [0.1, 0.15) is 11.5 Å². The third-order valence-corrected chi connectivity index (χ3v) is 7.16. The number of likely N-dealkylation sites (N-methyl/N-ethyl adjacent to an activating group) is 1. The second-order valence-corrected chi connectivity index (χ2v) is 9.74. The minimum atomic E-state index is -0.219. The summed E-state index contributed by atoms with van der Waals surface area (Å²) >= 11 is 0. The molecule has 35 heavy (non-hydrogen) atoms. The van der Waals surface area contributed by atoms with Crippen molar-refractivity contribution < 1.29 is 9.18 Å². The van der Waals surface area contributed by atoms with Gasteiger partial charge in [-0.25, -0.2) is 9.18 Å². The Bertz CT molecular complexity index is 1440. The maximum absolute atomic E-state index is 14.7. The van der Waals surface area contributed by atoms with Crippen LogP contribution >= 0.6 is 0 Å². The van der Waals surface area contributed by atoms with Gasteiger partial charge >= 0.3 is 6.03 Å². The molecular formula is C27H27FN6O. The highest BCUT2D eigenvalue weighted by Crippen LogP contribution is 2.38. The van der Waals surface area contributed by atoms with Crippen molar-refractivity contribution in [3.05, 3.63) is 76.9 Å². The monoisotopic (exact) mass is 470 g/mol. The van der Waals surface area contributed by atoms with Crippen LogP contribution in [-0.4, -0.2) is 57.2 Å². The van der Waals surface area contributed by atoms with E-state index in [9.17, 15) is 9.18 Å². The number of amides is 2. The Labute approximate surface area is 203 Å². The maximum atomic E-state index is 14.7. The molecule has 0 bridgehead atoms. The number of nitrogens with zero attached hydrogens (tertiary/aromatic N) is 4. The van der Waals surface area contributed by atoms with Crippen LogP contribution in [-0.2, 0) is 6.54 Å². The first-order chi connectivity index (χ1) is 16.9. The number of hydrogen-bond donors (Lipinski definition) is 2. The van der Waals surface area contributed by atoms with Crippen LogP contribution < -0.4 is 5.32 Å². The summed E-state index contributed by atoms with van der Waals surface area (Å²) in [4.78, 5) is 21.7. The summed E-state index contributed by atoms with van der Waals surface area (Å²) in [7, 11) is 2.02. The fourth-order valence-corrected chi connectivity index (χ4v) is 5.63. The number of aryl methyl sites for hydroxylation is 2. The lowest BCUT2D eigenvalue weighted by atomic mass is 9.92. The Hall–Kier alpha value is -3.78. The van der Waals surface area contributed by atoms with Crippen LogP contribution in [0.1, 0.15) is 28.4 Å². The number of rotatable bonds is 3. The molecule has 2 atom stereocenters. The Morgan fingerprint density at radius 3 is 2.60 bits per heavy atom. The zero-order valence-corrected chi connectivity index (χ0v) is 20.0. The average molecular weight is 471 g/mol. The van der Waals surface area contributed by atoms with Gasteiger partial charge in [-0.3, -0.25) is 10.1 Å². The molecule has 0 unspecified atom stereocenters. The zero-order chi connectivity index (χ0) is 24.3. The zero-order valence-electron chi connectivity index (χ0n) is 20.0. The number of anilines is 1. The molecule has 0 spiro atoms. The first-order valence-corrected chi connectivity index (χ1v) is 11.8. The largest absolute Gasteiger partial charge is 0.322 e. The minimum absolute atomic E-state index is 0.0931. The summed E-state index contributed by atoms with van der Waals surface area (Å²) in [6, 6.07) is 14.7. The van der Waals surface area contributed by atoms with Gasteiger partial charge in [-0.2, -0.15) is 5.10 Å². The van der Waals surface area contributed by atoms with Gasteiger partial charge in [0.25, 0.3) is 0 Å². The molecule has 0 aliphatic carbocycles. The van der Waals surface area contributed by atoms with E-state index < -0.39 is 0 Å². The van der Waals surface area contributed by atoms with Gasteiger partial charge in [-0.15, -0.1) is 0 Å². The van der Waals surface area contributed by atoms with Gasteiger partial charge in [-0.1, -0.05) is 18.2 Å². The minimum Gasteiger partial charge on any atom is -0.315 e. The summed E-state index contributed by atoms with van der Waals surface area (Å²) in [5.74, 6) is -0.312. The number of nitrogens with one attached hydrogen (secondary N) is 2. The number of hydrogen-bond acceptors (Lipinski definition) is 4. The number of H-pyrrole nitrogens is 1. The van der Waals surface area contributed by atoms with Crippen molar-refractivity contribution in [2.75, 3.05) is 25.5 Å². The van der Waals surface area contributed by atoms with E-state index in [1.807, 2.05) is 56.1 Å². The molecule has 0 radical (unpaired) electrons. The fraction of sp³-hybridized carbons (Fsp3) is 0.296. The fourth-order valence-electron chi connectivity index (χ4n) is 5.63. The molecule has 2 N–H and O–H groups in total. The highest BCUT2D eigenvalue weighted by molar-refractivity contribution is 6.00. The molecule has 0 saturated carbocycles. The second-order valence-electron chi connectivity index (χ2n) is 9.74. The molecule has 8 heteroatoms. The molecule has 1 fully saturated rings. The topological polar surface area (TPSA) is 77.2 Å². The first kappa shape index (κ1) is 21.7. The Morgan fingerprint density at radius 1 is 1.06 bits per heavy atom. The van der Waals surface area contributed by atoms with E-state index in [1.165, 1.54) is 6.07 Å². The molecule has 2 aromatic carbocycles. The number of urea groups is 1. The van der Waals surface area contributed by atoms with Crippen LogP contribution in [0.2, 0.25) is 0 Å². The maximum Gasteiger partial charge on any atom is 0.322 e. The standard InChI is InChI=1S/C27H27FN6O/c1-15-8-17(9-16(2)29-15)26-20-10-18-12-34(27(35)30-23(18)11-24(20)31-32-26)25-14-33(3)13-21(25)19-6-4-5-7-22(19)28/h4-11,21,25H,12-14H2,1-3H3,(H,30,35)(H,31,32)/t21-,25+/m0/s1. The molecule has 178 valence electrons. The second kappa shape index (κ2) is 8.16. The lowest BCUT2D eigenvalue weighted by molar-refractivity contribution is 0.176. The van der Waals surface area contributed by atoms with Gasteiger partial charge in [0.05, 0.1) is 11.6 Å². The van der Waals surface area contributed by atoms with Crippen LogP contribution in [0, 0.1) is 19.7 Å². The summed E-state index contributed by atoms with van der Waals surface area (Å²) < 4.78 is 14.7. The van der Waals surface area contributed by atoms with Gasteiger partial charge < -0.3 is 15.1 Å². The van der Waals surface area contributed by atoms with E-state index >= 15 is 0 Å². The molecule has 1 saturated heterocycles. The number of halogens is 1. The van der Waals surface area contributed by atoms with E-state index in [0.717, 1.165) is 44.8 Å². The average Bonchev–Trinajstić information content (AvgIpc) is 3.40. The number of aromatic nitrogens is 3. The third-order valence-electron chi connectivity index (χ3n) is 7.16. The van der Waals surface area contributed by atoms with Crippen LogP contribution in [0.5, 0.6) is 0 Å². The Morgan fingerprint density at radius 2 is 1.83 bits per heavy atom. The van der Waals surface area contributed by atoms with Crippen molar-refractivity contribution in [2.24, 2.45) is 0 Å². The summed E-state index contributed by atoms with van der Waals surface area (Å²) in [5, 5.41) is 11.8. The molecule has 4 heterocycles. The number of likely N-dealkylation sites (tertiary alicyclic amines) is 1. The van der Waals surface area contributed by atoms with Crippen molar-refractivity contribution in [1.29, 1.82) is 0 Å². The van der Waals surface area contributed by atoms with Crippen molar-refractivity contribution in [3.8, 4) is 11.3 Å².